The zero-order chi connectivity index (χ0) is 10.8. The third-order valence-corrected chi connectivity index (χ3v) is 2.82. The molecule has 0 aromatic carbocycles. The molecule has 80 valence electrons. The zero-order valence-corrected chi connectivity index (χ0v) is 8.77. The molecular formula is C10H15N5. The van der Waals surface area contributed by atoms with E-state index in [-0.39, 0.29) is 5.84 Å². The lowest BCUT2D eigenvalue weighted by atomic mass is 10.2. The summed E-state index contributed by atoms with van der Waals surface area (Å²) >= 11 is 0. The first-order chi connectivity index (χ1) is 7.20. The van der Waals surface area contributed by atoms with Crippen molar-refractivity contribution in [2.24, 2.45) is 5.73 Å². The molecular weight excluding hydrogens is 190 g/mol. The van der Waals surface area contributed by atoms with Gasteiger partial charge >= 0.3 is 0 Å². The Morgan fingerprint density at radius 3 is 3.07 bits per heavy atom. The standard InChI is InChI=1S/C10H15N5/c1-7-3-2-6-15(7)10-8(9(11)12)4-5-13-14-10/h4-5,7H,2-3,6H2,1H3,(H3,11,12). The van der Waals surface area contributed by atoms with E-state index in [0.717, 1.165) is 25.2 Å². The fourth-order valence-corrected chi connectivity index (χ4v) is 1.99. The average molecular weight is 205 g/mol. The van der Waals surface area contributed by atoms with Crippen LogP contribution >= 0.6 is 0 Å². The summed E-state index contributed by atoms with van der Waals surface area (Å²) in [5.74, 6) is 0.800. The molecule has 5 heteroatoms. The van der Waals surface area contributed by atoms with Gasteiger partial charge in [0.2, 0.25) is 0 Å². The van der Waals surface area contributed by atoms with Crippen molar-refractivity contribution in [2.45, 2.75) is 25.8 Å². The van der Waals surface area contributed by atoms with Gasteiger partial charge in [0, 0.05) is 12.6 Å². The molecule has 1 atom stereocenters. The van der Waals surface area contributed by atoms with E-state index in [4.69, 9.17) is 11.1 Å². The van der Waals surface area contributed by atoms with Crippen LogP contribution in [-0.4, -0.2) is 28.6 Å². The van der Waals surface area contributed by atoms with E-state index in [2.05, 4.69) is 22.0 Å². The second-order valence-corrected chi connectivity index (χ2v) is 3.87. The van der Waals surface area contributed by atoms with Crippen molar-refractivity contribution >= 4 is 11.7 Å². The number of hydrogen-bond acceptors (Lipinski definition) is 4. The van der Waals surface area contributed by atoms with Crippen LogP contribution in [0.1, 0.15) is 25.3 Å². The minimum atomic E-state index is 0.0546. The first-order valence-corrected chi connectivity index (χ1v) is 5.13. The highest BCUT2D eigenvalue weighted by Crippen LogP contribution is 2.25. The molecule has 1 aromatic heterocycles. The Morgan fingerprint density at radius 2 is 2.47 bits per heavy atom. The molecule has 15 heavy (non-hydrogen) atoms. The van der Waals surface area contributed by atoms with E-state index < -0.39 is 0 Å². The van der Waals surface area contributed by atoms with E-state index in [1.165, 1.54) is 0 Å². The third-order valence-electron chi connectivity index (χ3n) is 2.82. The summed E-state index contributed by atoms with van der Waals surface area (Å²) < 4.78 is 0. The molecule has 2 rings (SSSR count). The lowest BCUT2D eigenvalue weighted by Crippen LogP contribution is -2.30. The zero-order valence-electron chi connectivity index (χ0n) is 8.77. The minimum absolute atomic E-state index is 0.0546. The van der Waals surface area contributed by atoms with Gasteiger partial charge in [-0.05, 0) is 25.8 Å². The summed E-state index contributed by atoms with van der Waals surface area (Å²) in [4.78, 5) is 2.17. The van der Waals surface area contributed by atoms with E-state index in [0.29, 0.717) is 11.6 Å². The van der Waals surface area contributed by atoms with Crippen molar-refractivity contribution in [1.29, 1.82) is 5.41 Å². The first-order valence-electron chi connectivity index (χ1n) is 5.13. The Morgan fingerprint density at radius 1 is 1.67 bits per heavy atom. The van der Waals surface area contributed by atoms with Gasteiger partial charge in [-0.15, -0.1) is 5.10 Å². The Labute approximate surface area is 88.8 Å². The van der Waals surface area contributed by atoms with Crippen molar-refractivity contribution in [2.75, 3.05) is 11.4 Å². The highest BCUT2D eigenvalue weighted by atomic mass is 15.3. The lowest BCUT2D eigenvalue weighted by molar-refractivity contribution is 0.720. The molecule has 1 aliphatic rings. The molecule has 1 saturated heterocycles. The van der Waals surface area contributed by atoms with Crippen molar-refractivity contribution in [3.63, 3.8) is 0 Å². The summed E-state index contributed by atoms with van der Waals surface area (Å²) in [5, 5.41) is 15.4. The van der Waals surface area contributed by atoms with E-state index in [9.17, 15) is 0 Å². The number of hydrogen-bond donors (Lipinski definition) is 2. The maximum Gasteiger partial charge on any atom is 0.162 e. The van der Waals surface area contributed by atoms with Gasteiger partial charge in [0.05, 0.1) is 11.8 Å². The van der Waals surface area contributed by atoms with Crippen LogP contribution < -0.4 is 10.6 Å². The van der Waals surface area contributed by atoms with E-state index in [1.807, 2.05) is 0 Å². The van der Waals surface area contributed by atoms with Gasteiger partial charge in [0.25, 0.3) is 0 Å². The molecule has 0 radical (unpaired) electrons. The highest BCUT2D eigenvalue weighted by Gasteiger charge is 2.24. The SMILES string of the molecule is CC1CCCN1c1nnccc1C(=N)N. The van der Waals surface area contributed by atoms with Crippen LogP contribution in [0.4, 0.5) is 5.82 Å². The third kappa shape index (κ3) is 1.77. The molecule has 2 heterocycles. The minimum Gasteiger partial charge on any atom is -0.384 e. The van der Waals surface area contributed by atoms with Crippen LogP contribution in [0.3, 0.4) is 0 Å². The van der Waals surface area contributed by atoms with Crippen LogP contribution in [-0.2, 0) is 0 Å². The van der Waals surface area contributed by atoms with Gasteiger partial charge in [-0.1, -0.05) is 0 Å². The Bertz CT molecular complexity index is 376. The molecule has 0 saturated carbocycles. The lowest BCUT2D eigenvalue weighted by Gasteiger charge is -2.23. The second-order valence-electron chi connectivity index (χ2n) is 3.87. The number of nitrogens with one attached hydrogen (secondary N) is 1. The molecule has 5 nitrogen and oxygen atoms in total. The van der Waals surface area contributed by atoms with Crippen LogP contribution in [0.2, 0.25) is 0 Å². The highest BCUT2D eigenvalue weighted by molar-refractivity contribution is 5.99. The van der Waals surface area contributed by atoms with Crippen LogP contribution in [0.15, 0.2) is 12.3 Å². The topological polar surface area (TPSA) is 78.9 Å². The molecule has 1 fully saturated rings. The summed E-state index contributed by atoms with van der Waals surface area (Å²) in [6.07, 6.45) is 3.89. The number of anilines is 1. The first kappa shape index (κ1) is 9.89. The van der Waals surface area contributed by atoms with Crippen molar-refractivity contribution < 1.29 is 0 Å². The average Bonchev–Trinajstić information content (AvgIpc) is 2.64. The van der Waals surface area contributed by atoms with Crippen LogP contribution in [0, 0.1) is 5.41 Å². The monoisotopic (exact) mass is 205 g/mol. The normalized spacial score (nSPS) is 20.6. The molecule has 1 unspecified atom stereocenters. The fourth-order valence-electron chi connectivity index (χ4n) is 1.99. The Hall–Kier alpha value is -1.65. The predicted octanol–water partition coefficient (Wildman–Crippen LogP) is 0.749. The molecule has 1 aromatic rings. The van der Waals surface area contributed by atoms with Gasteiger partial charge in [0.15, 0.2) is 5.82 Å². The molecule has 3 N–H and O–H groups in total. The fraction of sp³-hybridized carbons (Fsp3) is 0.500. The number of rotatable bonds is 2. The van der Waals surface area contributed by atoms with E-state index >= 15 is 0 Å². The molecule has 0 amide bonds. The van der Waals surface area contributed by atoms with Gasteiger partial charge < -0.3 is 10.6 Å². The number of nitrogens with zero attached hydrogens (tertiary/aromatic N) is 3. The molecule has 0 spiro atoms. The number of nitrogens with two attached hydrogens (primary N) is 1. The Kier molecular flexibility index (Phi) is 2.53. The summed E-state index contributed by atoms with van der Waals surface area (Å²) in [6, 6.07) is 2.20. The van der Waals surface area contributed by atoms with Crippen molar-refractivity contribution in [3.8, 4) is 0 Å². The van der Waals surface area contributed by atoms with Crippen LogP contribution in [0.25, 0.3) is 0 Å². The largest absolute Gasteiger partial charge is 0.384 e. The van der Waals surface area contributed by atoms with Crippen LogP contribution in [0.5, 0.6) is 0 Å². The predicted molar refractivity (Wildman–Crippen MR) is 59.1 cm³/mol. The van der Waals surface area contributed by atoms with Gasteiger partial charge in [-0.25, -0.2) is 0 Å². The van der Waals surface area contributed by atoms with E-state index in [1.54, 1.807) is 12.3 Å². The molecule has 0 aliphatic carbocycles. The number of aromatic nitrogens is 2. The summed E-state index contributed by atoms with van der Waals surface area (Å²) in [7, 11) is 0. The maximum atomic E-state index is 7.49. The van der Waals surface area contributed by atoms with Gasteiger partial charge in [-0.2, -0.15) is 5.10 Å². The number of amidine groups is 1. The van der Waals surface area contributed by atoms with Crippen molar-refractivity contribution in [3.05, 3.63) is 17.8 Å². The molecule has 0 bridgehead atoms. The van der Waals surface area contributed by atoms with Gasteiger partial charge in [0.1, 0.15) is 5.84 Å². The smallest absolute Gasteiger partial charge is 0.162 e. The maximum absolute atomic E-state index is 7.49. The Balaban J connectivity index is 2.38. The summed E-state index contributed by atoms with van der Waals surface area (Å²) in [6.45, 7) is 3.13. The number of nitrogen functional groups attached to an aromatic ring is 1. The van der Waals surface area contributed by atoms with Gasteiger partial charge in [-0.3, -0.25) is 5.41 Å². The molecule has 1 aliphatic heterocycles. The second kappa shape index (κ2) is 3.84. The quantitative estimate of drug-likeness (QED) is 0.551. The summed E-state index contributed by atoms with van der Waals surface area (Å²) in [5.41, 5.74) is 6.20. The van der Waals surface area contributed by atoms with Crippen molar-refractivity contribution in [1.82, 2.24) is 10.2 Å².